The van der Waals surface area contributed by atoms with Crippen LogP contribution in [0.15, 0.2) is 22.7 Å². The van der Waals surface area contributed by atoms with Gasteiger partial charge in [0.05, 0.1) is 11.6 Å². The summed E-state index contributed by atoms with van der Waals surface area (Å²) in [7, 11) is 1.69. The third-order valence-electron chi connectivity index (χ3n) is 3.76. The number of anilines is 1. The lowest BCUT2D eigenvalue weighted by Gasteiger charge is -2.21. The van der Waals surface area contributed by atoms with E-state index < -0.39 is 0 Å². The van der Waals surface area contributed by atoms with Crippen molar-refractivity contribution in [3.8, 4) is 5.75 Å². The van der Waals surface area contributed by atoms with Gasteiger partial charge in [0.1, 0.15) is 5.75 Å². The van der Waals surface area contributed by atoms with Crippen LogP contribution < -0.4 is 10.1 Å². The predicted octanol–water partition coefficient (Wildman–Crippen LogP) is 4.84. The first-order valence-corrected chi connectivity index (χ1v) is 7.66. The van der Waals surface area contributed by atoms with Gasteiger partial charge < -0.3 is 10.1 Å². The van der Waals surface area contributed by atoms with Crippen LogP contribution in [0.1, 0.15) is 38.5 Å². The Labute approximate surface area is 118 Å². The molecule has 1 aliphatic carbocycles. The van der Waals surface area contributed by atoms with Crippen LogP contribution in [-0.2, 0) is 0 Å². The molecule has 0 bridgehead atoms. The van der Waals surface area contributed by atoms with E-state index in [9.17, 15) is 0 Å². The van der Waals surface area contributed by atoms with Gasteiger partial charge in [-0.05, 0) is 46.5 Å². The van der Waals surface area contributed by atoms with Crippen LogP contribution in [0.3, 0.4) is 0 Å². The lowest BCUT2D eigenvalue weighted by atomic mass is 9.87. The number of hydrogen-bond donors (Lipinski definition) is 1. The zero-order chi connectivity index (χ0) is 12.8. The van der Waals surface area contributed by atoms with E-state index in [4.69, 9.17) is 4.74 Å². The van der Waals surface area contributed by atoms with Crippen LogP contribution in [0, 0.1) is 5.92 Å². The molecular weight excluding hydrogens is 290 g/mol. The second kappa shape index (κ2) is 7.03. The third-order valence-corrected chi connectivity index (χ3v) is 4.38. The summed E-state index contributed by atoms with van der Waals surface area (Å²) in [6.07, 6.45) is 8.44. The fourth-order valence-electron chi connectivity index (χ4n) is 2.67. The van der Waals surface area contributed by atoms with E-state index in [1.54, 1.807) is 7.11 Å². The summed E-state index contributed by atoms with van der Waals surface area (Å²) in [5, 5.41) is 3.50. The summed E-state index contributed by atoms with van der Waals surface area (Å²) in [5.74, 6) is 1.82. The molecule has 3 heteroatoms. The third kappa shape index (κ3) is 3.91. The summed E-state index contributed by atoms with van der Waals surface area (Å²) in [6.45, 7) is 1.07. The van der Waals surface area contributed by atoms with Crippen LogP contribution in [0.4, 0.5) is 5.69 Å². The van der Waals surface area contributed by atoms with E-state index in [1.807, 2.05) is 6.07 Å². The molecule has 1 N–H and O–H groups in total. The highest BCUT2D eigenvalue weighted by molar-refractivity contribution is 9.10. The fourth-order valence-corrected chi connectivity index (χ4v) is 3.21. The summed E-state index contributed by atoms with van der Waals surface area (Å²) in [6, 6.07) is 6.15. The van der Waals surface area contributed by atoms with Crippen LogP contribution in [0.5, 0.6) is 5.75 Å². The van der Waals surface area contributed by atoms with Gasteiger partial charge in [-0.15, -0.1) is 0 Å². The Bertz CT molecular complexity index is 375. The molecule has 0 radical (unpaired) electrons. The highest BCUT2D eigenvalue weighted by Crippen LogP contribution is 2.29. The standard InChI is InChI=1S/C15H22BrNO/c1-18-15-8-7-13(11-14(15)16)17-10-9-12-5-3-2-4-6-12/h7-8,11-12,17H,2-6,9-10H2,1H3. The number of nitrogens with one attached hydrogen (secondary N) is 1. The van der Waals surface area contributed by atoms with E-state index in [1.165, 1.54) is 44.2 Å². The molecule has 0 atom stereocenters. The molecule has 2 rings (SSSR count). The van der Waals surface area contributed by atoms with E-state index >= 15 is 0 Å². The van der Waals surface area contributed by atoms with Crippen molar-refractivity contribution in [2.24, 2.45) is 5.92 Å². The van der Waals surface area contributed by atoms with Crippen molar-refractivity contribution in [3.05, 3.63) is 22.7 Å². The molecule has 0 saturated heterocycles. The second-order valence-corrected chi connectivity index (χ2v) is 5.92. The lowest BCUT2D eigenvalue weighted by Crippen LogP contribution is -2.12. The largest absolute Gasteiger partial charge is 0.496 e. The fraction of sp³-hybridized carbons (Fsp3) is 0.600. The smallest absolute Gasteiger partial charge is 0.133 e. The first-order valence-electron chi connectivity index (χ1n) is 6.87. The monoisotopic (exact) mass is 311 g/mol. The van der Waals surface area contributed by atoms with Crippen LogP contribution in [-0.4, -0.2) is 13.7 Å². The van der Waals surface area contributed by atoms with Crippen LogP contribution in [0.2, 0.25) is 0 Å². The van der Waals surface area contributed by atoms with E-state index in [0.29, 0.717) is 0 Å². The van der Waals surface area contributed by atoms with Crippen LogP contribution >= 0.6 is 15.9 Å². The number of methoxy groups -OCH3 is 1. The van der Waals surface area contributed by atoms with Gasteiger partial charge in [-0.1, -0.05) is 32.1 Å². The summed E-state index contributed by atoms with van der Waals surface area (Å²) >= 11 is 3.51. The molecule has 18 heavy (non-hydrogen) atoms. The molecule has 1 aromatic rings. The quantitative estimate of drug-likeness (QED) is 0.840. The Morgan fingerprint density at radius 2 is 2.06 bits per heavy atom. The minimum atomic E-state index is 0.882. The maximum absolute atomic E-state index is 5.22. The Hall–Kier alpha value is -0.700. The zero-order valence-corrected chi connectivity index (χ0v) is 12.6. The molecule has 1 aromatic carbocycles. The molecule has 0 aliphatic heterocycles. The Morgan fingerprint density at radius 1 is 1.28 bits per heavy atom. The summed E-state index contributed by atoms with van der Waals surface area (Å²) in [5.41, 5.74) is 1.17. The van der Waals surface area contributed by atoms with E-state index in [0.717, 1.165) is 22.7 Å². The van der Waals surface area contributed by atoms with Crippen molar-refractivity contribution in [1.29, 1.82) is 0 Å². The van der Waals surface area contributed by atoms with Crippen LogP contribution in [0.25, 0.3) is 0 Å². The van der Waals surface area contributed by atoms with Gasteiger partial charge in [-0.25, -0.2) is 0 Å². The number of ether oxygens (including phenoxy) is 1. The number of hydrogen-bond acceptors (Lipinski definition) is 2. The normalized spacial score (nSPS) is 16.6. The maximum atomic E-state index is 5.22. The molecule has 0 aromatic heterocycles. The molecule has 0 heterocycles. The number of halogens is 1. The number of rotatable bonds is 5. The average molecular weight is 312 g/mol. The Kier molecular flexibility index (Phi) is 5.36. The molecule has 0 unspecified atom stereocenters. The topological polar surface area (TPSA) is 21.3 Å². The van der Waals surface area contributed by atoms with Crippen molar-refractivity contribution in [2.75, 3.05) is 19.0 Å². The van der Waals surface area contributed by atoms with Crippen molar-refractivity contribution in [1.82, 2.24) is 0 Å². The van der Waals surface area contributed by atoms with Gasteiger partial charge in [0.2, 0.25) is 0 Å². The molecule has 1 aliphatic rings. The SMILES string of the molecule is COc1ccc(NCCC2CCCCC2)cc1Br. The van der Waals surface area contributed by atoms with Crippen molar-refractivity contribution in [2.45, 2.75) is 38.5 Å². The molecule has 1 fully saturated rings. The van der Waals surface area contributed by atoms with Gasteiger partial charge in [-0.3, -0.25) is 0 Å². The Morgan fingerprint density at radius 3 is 2.72 bits per heavy atom. The Balaban J connectivity index is 1.77. The van der Waals surface area contributed by atoms with Gasteiger partial charge in [-0.2, -0.15) is 0 Å². The first-order chi connectivity index (χ1) is 8.79. The maximum Gasteiger partial charge on any atom is 0.133 e. The van der Waals surface area contributed by atoms with Gasteiger partial charge in [0.15, 0.2) is 0 Å². The predicted molar refractivity (Wildman–Crippen MR) is 80.4 cm³/mol. The first kappa shape index (κ1) is 13.7. The van der Waals surface area contributed by atoms with Crippen molar-refractivity contribution < 1.29 is 4.74 Å². The minimum Gasteiger partial charge on any atom is -0.496 e. The van der Waals surface area contributed by atoms with Gasteiger partial charge in [0, 0.05) is 12.2 Å². The zero-order valence-electron chi connectivity index (χ0n) is 11.0. The molecule has 2 nitrogen and oxygen atoms in total. The average Bonchev–Trinajstić information content (AvgIpc) is 2.40. The summed E-state index contributed by atoms with van der Waals surface area (Å²) in [4.78, 5) is 0. The molecule has 0 spiro atoms. The van der Waals surface area contributed by atoms with E-state index in [2.05, 4.69) is 33.4 Å². The van der Waals surface area contributed by atoms with Gasteiger partial charge >= 0.3 is 0 Å². The highest BCUT2D eigenvalue weighted by atomic mass is 79.9. The van der Waals surface area contributed by atoms with Crippen molar-refractivity contribution >= 4 is 21.6 Å². The molecular formula is C15H22BrNO. The summed E-state index contributed by atoms with van der Waals surface area (Å²) < 4.78 is 6.23. The highest BCUT2D eigenvalue weighted by Gasteiger charge is 2.12. The number of benzene rings is 1. The van der Waals surface area contributed by atoms with E-state index in [-0.39, 0.29) is 0 Å². The molecule has 0 amide bonds. The lowest BCUT2D eigenvalue weighted by molar-refractivity contribution is 0.345. The second-order valence-electron chi connectivity index (χ2n) is 5.07. The van der Waals surface area contributed by atoms with Crippen molar-refractivity contribution in [3.63, 3.8) is 0 Å². The molecule has 1 saturated carbocycles. The molecule has 100 valence electrons. The van der Waals surface area contributed by atoms with Gasteiger partial charge in [0.25, 0.3) is 0 Å². The minimum absolute atomic E-state index is 0.882.